The van der Waals surface area contributed by atoms with Gasteiger partial charge in [-0.1, -0.05) is 6.92 Å². The van der Waals surface area contributed by atoms with E-state index in [0.29, 0.717) is 74.5 Å². The second kappa shape index (κ2) is 17.8. The Morgan fingerprint density at radius 2 is 1.92 bits per heavy atom. The third-order valence-electron chi connectivity index (χ3n) is 7.63. The summed E-state index contributed by atoms with van der Waals surface area (Å²) >= 11 is 1.59. The molecule has 2 aromatic heterocycles. The molecular formula is C29H47N7O10S4. The zero-order valence-electron chi connectivity index (χ0n) is 28.9. The van der Waals surface area contributed by atoms with Crippen molar-refractivity contribution < 1.29 is 45.4 Å². The van der Waals surface area contributed by atoms with Gasteiger partial charge in [-0.15, -0.1) is 15.7 Å². The van der Waals surface area contributed by atoms with Crippen molar-refractivity contribution in [3.63, 3.8) is 0 Å². The molecule has 2 atom stereocenters. The van der Waals surface area contributed by atoms with E-state index < -0.39 is 56.9 Å². The summed E-state index contributed by atoms with van der Waals surface area (Å²) < 4.78 is 86.7. The number of carbonyl (C=O) groups is 2. The number of amides is 1. The Bertz CT molecular complexity index is 1650. The van der Waals surface area contributed by atoms with Crippen LogP contribution in [0.3, 0.4) is 0 Å². The number of rotatable bonds is 18. The Morgan fingerprint density at radius 1 is 1.18 bits per heavy atom. The standard InChI is InChI=1S/C29H47N7O10S4/c1-6-30-22-18-36(10-7-13-43-5)50(41,42)28-21(22)16-25(47-28)49(39,40)34-23(37)8-9-24(38)46-20(17-31-29(2,3)4)19-45-27-26(32-48-33-27)35-11-14-44-15-12-35/h16,20,22,30-31H,6-15,17-19H2,1-5H3,(H,34,37)/t20-,22-/m0/s1. The average molecular weight is 782 g/mol. The lowest BCUT2D eigenvalue weighted by Gasteiger charge is -2.32. The van der Waals surface area contributed by atoms with Gasteiger partial charge in [-0.05, 0) is 39.8 Å². The molecular weight excluding hydrogens is 735 g/mol. The number of esters is 1. The van der Waals surface area contributed by atoms with Gasteiger partial charge in [0.05, 0.1) is 31.4 Å². The molecule has 1 saturated heterocycles. The van der Waals surface area contributed by atoms with Crippen LogP contribution < -0.4 is 25.0 Å². The van der Waals surface area contributed by atoms with Gasteiger partial charge in [0.2, 0.25) is 11.7 Å². The van der Waals surface area contributed by atoms with Crippen LogP contribution in [0.2, 0.25) is 0 Å². The van der Waals surface area contributed by atoms with Crippen LogP contribution in [0.1, 0.15) is 58.6 Å². The van der Waals surface area contributed by atoms with Gasteiger partial charge < -0.3 is 34.5 Å². The van der Waals surface area contributed by atoms with Gasteiger partial charge in [0.25, 0.3) is 25.9 Å². The number of hydrogen-bond donors (Lipinski definition) is 3. The number of ether oxygens (including phenoxy) is 4. The number of fused-ring (bicyclic) bond motifs is 1. The van der Waals surface area contributed by atoms with Crippen LogP contribution in [-0.4, -0.2) is 126 Å². The highest BCUT2D eigenvalue weighted by molar-refractivity contribution is 7.94. The van der Waals surface area contributed by atoms with Crippen molar-refractivity contribution in [2.45, 2.75) is 73.1 Å². The monoisotopic (exact) mass is 781 g/mol. The number of nitrogens with one attached hydrogen (secondary N) is 3. The van der Waals surface area contributed by atoms with Crippen LogP contribution in [0, 0.1) is 0 Å². The Morgan fingerprint density at radius 3 is 2.60 bits per heavy atom. The maximum Gasteiger partial charge on any atom is 0.306 e. The van der Waals surface area contributed by atoms with Crippen LogP contribution in [0.15, 0.2) is 14.5 Å². The van der Waals surface area contributed by atoms with Crippen molar-refractivity contribution in [3.8, 4) is 5.88 Å². The molecule has 0 spiro atoms. The predicted octanol–water partition coefficient (Wildman–Crippen LogP) is 1.09. The maximum absolute atomic E-state index is 13.4. The summed E-state index contributed by atoms with van der Waals surface area (Å²) in [7, 11) is -6.88. The highest BCUT2D eigenvalue weighted by Crippen LogP contribution is 2.40. The van der Waals surface area contributed by atoms with E-state index in [2.05, 4.69) is 19.4 Å². The van der Waals surface area contributed by atoms with E-state index in [4.69, 9.17) is 18.9 Å². The molecule has 0 aliphatic carbocycles. The van der Waals surface area contributed by atoms with Gasteiger partial charge in [0.1, 0.15) is 21.1 Å². The molecule has 0 saturated carbocycles. The molecule has 4 heterocycles. The Labute approximate surface area is 301 Å². The minimum atomic E-state index is -4.44. The van der Waals surface area contributed by atoms with Crippen molar-refractivity contribution in [1.82, 2.24) is 28.4 Å². The summed E-state index contributed by atoms with van der Waals surface area (Å²) in [5.74, 6) is -0.765. The lowest BCUT2D eigenvalue weighted by Crippen LogP contribution is -2.44. The topological polar surface area (TPSA) is 208 Å². The molecule has 21 heteroatoms. The highest BCUT2D eigenvalue weighted by atomic mass is 32.3. The molecule has 1 amide bonds. The predicted molar refractivity (Wildman–Crippen MR) is 187 cm³/mol. The first-order valence-electron chi connectivity index (χ1n) is 16.3. The summed E-state index contributed by atoms with van der Waals surface area (Å²) in [6, 6.07) is 0.852. The summed E-state index contributed by atoms with van der Waals surface area (Å²) in [6.07, 6.45) is -1.17. The third kappa shape index (κ3) is 11.0. The molecule has 3 N–H and O–H groups in total. The van der Waals surface area contributed by atoms with Gasteiger partial charge in [-0.2, -0.15) is 8.68 Å². The zero-order chi connectivity index (χ0) is 36.5. The maximum atomic E-state index is 13.4. The molecule has 50 heavy (non-hydrogen) atoms. The van der Waals surface area contributed by atoms with E-state index in [1.807, 2.05) is 37.3 Å². The summed E-state index contributed by atoms with van der Waals surface area (Å²) in [5, 5.41) is 6.49. The normalized spacial score (nSPS) is 18.7. The van der Waals surface area contributed by atoms with E-state index >= 15 is 0 Å². The van der Waals surface area contributed by atoms with Crippen LogP contribution in [0.5, 0.6) is 5.88 Å². The number of morpholine rings is 1. The van der Waals surface area contributed by atoms with Gasteiger partial charge in [0, 0.05) is 70.0 Å². The molecule has 0 unspecified atom stereocenters. The summed E-state index contributed by atoms with van der Waals surface area (Å²) in [4.78, 5) is 27.6. The summed E-state index contributed by atoms with van der Waals surface area (Å²) in [5.41, 5.74) is 0.0360. The van der Waals surface area contributed by atoms with Gasteiger partial charge in [-0.25, -0.2) is 21.6 Å². The summed E-state index contributed by atoms with van der Waals surface area (Å²) in [6.45, 7) is 11.6. The van der Waals surface area contributed by atoms with Crippen LogP contribution in [0.25, 0.3) is 0 Å². The Balaban J connectivity index is 1.36. The first-order valence-corrected chi connectivity index (χ1v) is 20.8. The van der Waals surface area contributed by atoms with Crippen molar-refractivity contribution in [3.05, 3.63) is 11.6 Å². The number of sulfonamides is 2. The van der Waals surface area contributed by atoms with Gasteiger partial charge >= 0.3 is 5.97 Å². The Kier molecular flexibility index (Phi) is 14.4. The largest absolute Gasteiger partial charge is 0.470 e. The first-order chi connectivity index (χ1) is 23.6. The SMILES string of the molecule is CCN[C@H]1CN(CCCOC)S(=O)(=O)c2sc(S(=O)(=O)NC(=O)CCC(=O)O[C@@H](CNC(C)(C)C)COc3nsnc3N3CCOCC3)cc21. The fraction of sp³-hybridized carbons (Fsp3) is 0.724. The van der Waals surface area contributed by atoms with E-state index in [1.54, 1.807) is 0 Å². The van der Waals surface area contributed by atoms with Crippen molar-refractivity contribution in [2.75, 3.05) is 77.7 Å². The number of anilines is 1. The fourth-order valence-electron chi connectivity index (χ4n) is 5.15. The third-order valence-corrected chi connectivity index (χ3v) is 13.5. The quantitative estimate of drug-likeness (QED) is 0.143. The zero-order valence-corrected chi connectivity index (χ0v) is 32.2. The number of likely N-dealkylation sites (N-methyl/N-ethyl adjacent to an activating group) is 1. The van der Waals surface area contributed by atoms with Crippen LogP contribution in [-0.2, 0) is 43.8 Å². The minimum absolute atomic E-state index is 0.0399. The molecule has 2 aromatic rings. The number of aromatic nitrogens is 2. The minimum Gasteiger partial charge on any atom is -0.470 e. The lowest BCUT2D eigenvalue weighted by atomic mass is 10.1. The molecule has 0 radical (unpaired) electrons. The number of thiophene rings is 1. The molecule has 1 fully saturated rings. The average Bonchev–Trinajstić information content (AvgIpc) is 3.73. The second-order valence-electron chi connectivity index (χ2n) is 12.7. The van der Waals surface area contributed by atoms with E-state index in [0.717, 1.165) is 11.7 Å². The molecule has 282 valence electrons. The number of nitrogens with zero attached hydrogens (tertiary/aromatic N) is 4. The van der Waals surface area contributed by atoms with Crippen LogP contribution >= 0.6 is 23.1 Å². The number of hydrogen-bond acceptors (Lipinski definition) is 17. The Hall–Kier alpha value is -2.50. The molecule has 4 rings (SSSR count). The van der Waals surface area contributed by atoms with Crippen molar-refractivity contribution in [1.29, 1.82) is 0 Å². The highest BCUT2D eigenvalue weighted by Gasteiger charge is 2.40. The molecule has 2 aliphatic heterocycles. The van der Waals surface area contributed by atoms with Crippen molar-refractivity contribution >= 4 is 60.8 Å². The van der Waals surface area contributed by atoms with E-state index in [-0.39, 0.29) is 40.2 Å². The van der Waals surface area contributed by atoms with Gasteiger partial charge in [0.15, 0.2) is 0 Å². The number of methoxy groups -OCH3 is 1. The number of carbonyl (C=O) groups excluding carboxylic acids is 2. The fourth-order valence-corrected chi connectivity index (χ4v) is 10.6. The smallest absolute Gasteiger partial charge is 0.306 e. The van der Waals surface area contributed by atoms with Gasteiger partial charge in [-0.3, -0.25) is 9.59 Å². The molecule has 2 aliphatic rings. The van der Waals surface area contributed by atoms with E-state index in [9.17, 15) is 26.4 Å². The van der Waals surface area contributed by atoms with Crippen molar-refractivity contribution in [2.24, 2.45) is 0 Å². The molecule has 17 nitrogen and oxygen atoms in total. The molecule has 0 bridgehead atoms. The molecule has 0 aromatic carbocycles. The van der Waals surface area contributed by atoms with E-state index in [1.165, 1.54) is 17.5 Å². The lowest BCUT2D eigenvalue weighted by molar-refractivity contribution is -0.151. The first kappa shape index (κ1) is 40.3. The van der Waals surface area contributed by atoms with Crippen LogP contribution in [0.4, 0.5) is 5.82 Å². The second-order valence-corrected chi connectivity index (χ2v) is 18.3.